The summed E-state index contributed by atoms with van der Waals surface area (Å²) in [6.07, 6.45) is 0. The van der Waals surface area contributed by atoms with E-state index in [1.54, 1.807) is 24.3 Å². The molecule has 3 aromatic rings. The Kier molecular flexibility index (Phi) is 3.44. The van der Waals surface area contributed by atoms with E-state index < -0.39 is 11.6 Å². The first kappa shape index (κ1) is 13.7. The van der Waals surface area contributed by atoms with Crippen LogP contribution in [-0.2, 0) is 0 Å². The molecular formula is C14H9F2N3OS. The molecule has 1 heterocycles. The number of rotatable bonds is 2. The summed E-state index contributed by atoms with van der Waals surface area (Å²) < 4.78 is 27.6. The number of fused-ring (bicyclic) bond motifs is 1. The summed E-state index contributed by atoms with van der Waals surface area (Å²) in [6.45, 7) is 0. The van der Waals surface area contributed by atoms with Crippen molar-refractivity contribution >= 4 is 22.9 Å². The smallest absolute Gasteiger partial charge is 0.266 e. The molecule has 0 radical (unpaired) electrons. The Labute approximate surface area is 122 Å². The van der Waals surface area contributed by atoms with Crippen molar-refractivity contribution in [3.05, 3.63) is 64.5 Å². The lowest BCUT2D eigenvalue weighted by atomic mass is 10.2. The molecule has 0 aliphatic heterocycles. The third-order valence-corrected chi connectivity index (χ3v) is 3.50. The third-order valence-electron chi connectivity index (χ3n) is 3.01. The fourth-order valence-corrected chi connectivity index (χ4v) is 2.49. The number of nitrogens with zero attached hydrogens (tertiary/aromatic N) is 2. The first-order valence-electron chi connectivity index (χ1n) is 5.96. The van der Waals surface area contributed by atoms with E-state index in [-0.39, 0.29) is 16.4 Å². The van der Waals surface area contributed by atoms with Gasteiger partial charge in [0.15, 0.2) is 16.8 Å². The van der Waals surface area contributed by atoms with E-state index in [0.717, 1.165) is 28.6 Å². The SMILES string of the molecule is NSc1nc2ccccc2c(=O)n1-c1ccc(F)c(F)c1. The molecule has 0 aliphatic rings. The lowest BCUT2D eigenvalue weighted by Crippen LogP contribution is -2.22. The van der Waals surface area contributed by atoms with Gasteiger partial charge in [-0.05, 0) is 36.2 Å². The minimum absolute atomic E-state index is 0.171. The molecule has 7 heteroatoms. The highest BCUT2D eigenvalue weighted by Gasteiger charge is 2.13. The lowest BCUT2D eigenvalue weighted by Gasteiger charge is -2.11. The topological polar surface area (TPSA) is 60.9 Å². The molecule has 3 rings (SSSR count). The highest BCUT2D eigenvalue weighted by Crippen LogP contribution is 2.19. The van der Waals surface area contributed by atoms with Crippen LogP contribution in [0, 0.1) is 11.6 Å². The van der Waals surface area contributed by atoms with Gasteiger partial charge in [0, 0.05) is 6.07 Å². The van der Waals surface area contributed by atoms with E-state index in [1.807, 2.05) is 0 Å². The number of hydrogen-bond donors (Lipinski definition) is 1. The molecule has 21 heavy (non-hydrogen) atoms. The van der Waals surface area contributed by atoms with Gasteiger partial charge in [0.2, 0.25) is 0 Å². The van der Waals surface area contributed by atoms with Gasteiger partial charge in [-0.2, -0.15) is 0 Å². The van der Waals surface area contributed by atoms with Crippen LogP contribution in [0.3, 0.4) is 0 Å². The van der Waals surface area contributed by atoms with E-state index in [9.17, 15) is 13.6 Å². The standard InChI is InChI=1S/C14H9F2N3OS/c15-10-6-5-8(7-11(10)16)19-13(20)9-3-1-2-4-12(9)18-14(19)21-17/h1-7H,17H2. The predicted molar refractivity (Wildman–Crippen MR) is 77.3 cm³/mol. The fraction of sp³-hybridized carbons (Fsp3) is 0. The summed E-state index contributed by atoms with van der Waals surface area (Å²) in [6, 6.07) is 9.95. The van der Waals surface area contributed by atoms with E-state index in [4.69, 9.17) is 5.14 Å². The molecule has 0 saturated carbocycles. The number of halogens is 2. The normalized spacial score (nSPS) is 11.0. The molecule has 0 aliphatic carbocycles. The minimum atomic E-state index is -1.04. The highest BCUT2D eigenvalue weighted by molar-refractivity contribution is 7.96. The van der Waals surface area contributed by atoms with Crippen molar-refractivity contribution in [2.45, 2.75) is 5.16 Å². The number of para-hydroxylation sites is 1. The molecule has 0 atom stereocenters. The molecule has 0 unspecified atom stereocenters. The van der Waals surface area contributed by atoms with E-state index in [2.05, 4.69) is 4.98 Å². The maximum Gasteiger partial charge on any atom is 0.266 e. The highest BCUT2D eigenvalue weighted by atomic mass is 32.2. The molecule has 0 saturated heterocycles. The van der Waals surface area contributed by atoms with Crippen molar-refractivity contribution in [3.63, 3.8) is 0 Å². The lowest BCUT2D eigenvalue weighted by molar-refractivity contribution is 0.507. The first-order chi connectivity index (χ1) is 10.1. The van der Waals surface area contributed by atoms with E-state index in [0.29, 0.717) is 10.9 Å². The van der Waals surface area contributed by atoms with Gasteiger partial charge in [0.25, 0.3) is 5.56 Å². The van der Waals surface area contributed by atoms with Crippen LogP contribution in [0.4, 0.5) is 8.78 Å². The summed E-state index contributed by atoms with van der Waals surface area (Å²) in [5.74, 6) is -2.02. The number of hydrogen-bond acceptors (Lipinski definition) is 4. The molecule has 0 fully saturated rings. The molecular weight excluding hydrogens is 296 g/mol. The van der Waals surface area contributed by atoms with Gasteiger partial charge in [-0.25, -0.2) is 13.8 Å². The summed E-state index contributed by atoms with van der Waals surface area (Å²) in [5, 5.41) is 6.12. The summed E-state index contributed by atoms with van der Waals surface area (Å²) in [7, 11) is 0. The molecule has 1 aromatic heterocycles. The van der Waals surface area contributed by atoms with Crippen LogP contribution in [0.5, 0.6) is 0 Å². The van der Waals surface area contributed by atoms with Crippen LogP contribution in [0.1, 0.15) is 0 Å². The molecule has 2 N–H and O–H groups in total. The molecule has 4 nitrogen and oxygen atoms in total. The van der Waals surface area contributed by atoms with E-state index in [1.165, 1.54) is 6.07 Å². The predicted octanol–water partition coefficient (Wildman–Crippen LogP) is 2.63. The van der Waals surface area contributed by atoms with Gasteiger partial charge in [-0.1, -0.05) is 12.1 Å². The number of benzene rings is 2. The number of nitrogens with two attached hydrogens (primary N) is 1. The second-order valence-electron chi connectivity index (χ2n) is 4.27. The Bertz CT molecular complexity index is 895. The third kappa shape index (κ3) is 2.30. The molecule has 106 valence electrons. The monoisotopic (exact) mass is 305 g/mol. The van der Waals surface area contributed by atoms with Crippen LogP contribution >= 0.6 is 11.9 Å². The Hall–Kier alpha value is -2.25. The molecule has 0 amide bonds. The van der Waals surface area contributed by atoms with Gasteiger partial charge in [0.05, 0.1) is 16.6 Å². The van der Waals surface area contributed by atoms with Gasteiger partial charge in [-0.15, -0.1) is 0 Å². The summed E-state index contributed by atoms with van der Waals surface area (Å²) >= 11 is 0.765. The Balaban J connectivity index is 2.37. The van der Waals surface area contributed by atoms with E-state index >= 15 is 0 Å². The van der Waals surface area contributed by atoms with Gasteiger partial charge in [0.1, 0.15) is 0 Å². The quantitative estimate of drug-likeness (QED) is 0.584. The molecule has 0 spiro atoms. The Morgan fingerprint density at radius 1 is 1.10 bits per heavy atom. The minimum Gasteiger partial charge on any atom is -0.271 e. The van der Waals surface area contributed by atoms with Gasteiger partial charge >= 0.3 is 0 Å². The maximum absolute atomic E-state index is 13.4. The zero-order valence-corrected chi connectivity index (χ0v) is 11.4. The largest absolute Gasteiger partial charge is 0.271 e. The van der Waals surface area contributed by atoms with Crippen molar-refractivity contribution in [2.24, 2.45) is 5.14 Å². The van der Waals surface area contributed by atoms with Crippen LogP contribution in [-0.4, -0.2) is 9.55 Å². The van der Waals surface area contributed by atoms with Crippen molar-refractivity contribution in [2.75, 3.05) is 0 Å². The average molecular weight is 305 g/mol. The average Bonchev–Trinajstić information content (AvgIpc) is 2.50. The Morgan fingerprint density at radius 2 is 1.86 bits per heavy atom. The molecule has 0 bridgehead atoms. The first-order valence-corrected chi connectivity index (χ1v) is 6.83. The zero-order chi connectivity index (χ0) is 15.0. The fourth-order valence-electron chi connectivity index (χ4n) is 2.04. The van der Waals surface area contributed by atoms with Crippen LogP contribution in [0.15, 0.2) is 52.4 Å². The second kappa shape index (κ2) is 5.27. The van der Waals surface area contributed by atoms with Gasteiger partial charge in [-0.3, -0.25) is 14.5 Å². The van der Waals surface area contributed by atoms with Crippen LogP contribution in [0.25, 0.3) is 16.6 Å². The second-order valence-corrected chi connectivity index (χ2v) is 4.87. The van der Waals surface area contributed by atoms with Crippen molar-refractivity contribution in [1.82, 2.24) is 9.55 Å². The summed E-state index contributed by atoms with van der Waals surface area (Å²) in [5.41, 5.74) is 0.277. The number of aromatic nitrogens is 2. The van der Waals surface area contributed by atoms with Crippen molar-refractivity contribution in [3.8, 4) is 5.69 Å². The molecule has 2 aromatic carbocycles. The summed E-state index contributed by atoms with van der Waals surface area (Å²) in [4.78, 5) is 16.8. The van der Waals surface area contributed by atoms with Crippen molar-refractivity contribution < 1.29 is 8.78 Å². The van der Waals surface area contributed by atoms with Crippen molar-refractivity contribution in [1.29, 1.82) is 0 Å². The van der Waals surface area contributed by atoms with Crippen LogP contribution in [0.2, 0.25) is 0 Å². The zero-order valence-electron chi connectivity index (χ0n) is 10.6. The van der Waals surface area contributed by atoms with Crippen LogP contribution < -0.4 is 10.7 Å². The maximum atomic E-state index is 13.4. The Morgan fingerprint density at radius 3 is 2.57 bits per heavy atom. The van der Waals surface area contributed by atoms with Gasteiger partial charge < -0.3 is 0 Å².